The average Bonchev–Trinajstić information content (AvgIpc) is 2.41. The standard InChI is InChI=1S/C17H33NO4.C2H6/c1-13(19)7-20-10-16(6)11-21-17(22-12-16)8-14(2,3)18-15(4,5)9-17;1-2/h13,18-19H,7-12H2,1-6H3;1-2H3. The highest BCUT2D eigenvalue weighted by Crippen LogP contribution is 2.43. The summed E-state index contributed by atoms with van der Waals surface area (Å²) in [5.74, 6) is -0.498. The first-order valence-corrected chi connectivity index (χ1v) is 9.28. The van der Waals surface area contributed by atoms with Gasteiger partial charge in [-0.05, 0) is 34.6 Å². The SMILES string of the molecule is CC.CC(O)COCC1(C)COC2(CC(C)(C)NC(C)(C)C2)OC1. The first-order valence-electron chi connectivity index (χ1n) is 9.28. The van der Waals surface area contributed by atoms with Crippen LogP contribution in [0.3, 0.4) is 0 Å². The smallest absolute Gasteiger partial charge is 0.171 e. The minimum Gasteiger partial charge on any atom is -0.391 e. The zero-order valence-corrected chi connectivity index (χ0v) is 17.0. The molecule has 2 rings (SSSR count). The van der Waals surface area contributed by atoms with E-state index in [2.05, 4.69) is 39.9 Å². The van der Waals surface area contributed by atoms with E-state index in [0.717, 1.165) is 12.8 Å². The molecule has 2 N–H and O–H groups in total. The molecular weight excluding hydrogens is 306 g/mol. The largest absolute Gasteiger partial charge is 0.391 e. The Kier molecular flexibility index (Phi) is 7.28. The van der Waals surface area contributed by atoms with E-state index in [1.54, 1.807) is 6.92 Å². The molecule has 0 radical (unpaired) electrons. The minimum atomic E-state index is -0.498. The van der Waals surface area contributed by atoms with E-state index < -0.39 is 11.9 Å². The lowest BCUT2D eigenvalue weighted by atomic mass is 9.77. The molecule has 0 aromatic rings. The molecule has 1 spiro atoms. The van der Waals surface area contributed by atoms with Crippen molar-refractivity contribution in [1.82, 2.24) is 5.32 Å². The molecule has 0 bridgehead atoms. The van der Waals surface area contributed by atoms with Gasteiger partial charge < -0.3 is 24.6 Å². The number of piperidine rings is 1. The van der Waals surface area contributed by atoms with Crippen LogP contribution in [0.2, 0.25) is 0 Å². The fourth-order valence-electron chi connectivity index (χ4n) is 3.87. The van der Waals surface area contributed by atoms with E-state index >= 15 is 0 Å². The van der Waals surface area contributed by atoms with Crippen LogP contribution < -0.4 is 5.32 Å². The van der Waals surface area contributed by atoms with Gasteiger partial charge in [-0.25, -0.2) is 0 Å². The molecule has 2 aliphatic heterocycles. The Balaban J connectivity index is 0.00000139. The Morgan fingerprint density at radius 3 is 1.88 bits per heavy atom. The van der Waals surface area contributed by atoms with E-state index in [1.165, 1.54) is 0 Å². The topological polar surface area (TPSA) is 60.0 Å². The maximum absolute atomic E-state index is 9.29. The van der Waals surface area contributed by atoms with E-state index in [-0.39, 0.29) is 16.5 Å². The Bertz CT molecular complexity index is 367. The molecule has 2 saturated heterocycles. The van der Waals surface area contributed by atoms with E-state index in [4.69, 9.17) is 14.2 Å². The Hall–Kier alpha value is -0.200. The molecular formula is C19H39NO4. The van der Waals surface area contributed by atoms with Crippen molar-refractivity contribution >= 4 is 0 Å². The highest BCUT2D eigenvalue weighted by Gasteiger charge is 2.52. The van der Waals surface area contributed by atoms with Crippen LogP contribution in [-0.2, 0) is 14.2 Å². The van der Waals surface area contributed by atoms with Crippen LogP contribution in [0.5, 0.6) is 0 Å². The second-order valence-corrected chi connectivity index (χ2v) is 8.91. The van der Waals surface area contributed by atoms with Gasteiger partial charge in [-0.15, -0.1) is 0 Å². The van der Waals surface area contributed by atoms with Crippen molar-refractivity contribution in [3.05, 3.63) is 0 Å². The summed E-state index contributed by atoms with van der Waals surface area (Å²) in [6, 6.07) is 0. The molecule has 2 fully saturated rings. The van der Waals surface area contributed by atoms with Crippen molar-refractivity contribution in [2.45, 2.75) is 91.2 Å². The zero-order valence-electron chi connectivity index (χ0n) is 17.0. The van der Waals surface area contributed by atoms with Gasteiger partial charge in [0.15, 0.2) is 5.79 Å². The van der Waals surface area contributed by atoms with Crippen LogP contribution in [0, 0.1) is 5.41 Å². The number of aliphatic hydroxyl groups excluding tert-OH is 1. The third kappa shape index (κ3) is 6.26. The first kappa shape index (κ1) is 21.8. The average molecular weight is 346 g/mol. The Morgan fingerprint density at radius 2 is 1.46 bits per heavy atom. The van der Waals surface area contributed by atoms with Crippen LogP contribution in [0.25, 0.3) is 0 Å². The van der Waals surface area contributed by atoms with Gasteiger partial charge in [-0.2, -0.15) is 0 Å². The van der Waals surface area contributed by atoms with Crippen molar-refractivity contribution < 1.29 is 19.3 Å². The molecule has 5 heteroatoms. The van der Waals surface area contributed by atoms with Gasteiger partial charge in [-0.3, -0.25) is 0 Å². The van der Waals surface area contributed by atoms with E-state index in [1.807, 2.05) is 13.8 Å². The second-order valence-electron chi connectivity index (χ2n) is 8.91. The summed E-state index contributed by atoms with van der Waals surface area (Å²) < 4.78 is 18.1. The number of ether oxygens (including phenoxy) is 3. The predicted octanol–water partition coefficient (Wildman–Crippen LogP) is 3.10. The zero-order chi connectivity index (χ0) is 18.6. The molecule has 0 aromatic carbocycles. The summed E-state index contributed by atoms with van der Waals surface area (Å²) in [6.07, 6.45) is 1.24. The minimum absolute atomic E-state index is 0.0156. The third-order valence-corrected chi connectivity index (χ3v) is 4.28. The molecule has 2 aliphatic rings. The fourth-order valence-corrected chi connectivity index (χ4v) is 3.87. The molecule has 24 heavy (non-hydrogen) atoms. The van der Waals surface area contributed by atoms with Crippen LogP contribution in [-0.4, -0.2) is 54.5 Å². The summed E-state index contributed by atoms with van der Waals surface area (Å²) >= 11 is 0. The predicted molar refractivity (Wildman–Crippen MR) is 97.1 cm³/mol. The summed E-state index contributed by atoms with van der Waals surface area (Å²) in [7, 11) is 0. The molecule has 1 unspecified atom stereocenters. The number of hydrogen-bond donors (Lipinski definition) is 2. The van der Waals surface area contributed by atoms with Crippen molar-refractivity contribution in [1.29, 1.82) is 0 Å². The van der Waals surface area contributed by atoms with Gasteiger partial charge in [0.05, 0.1) is 32.5 Å². The highest BCUT2D eigenvalue weighted by molar-refractivity contribution is 5.03. The highest BCUT2D eigenvalue weighted by atomic mass is 16.7. The summed E-state index contributed by atoms with van der Waals surface area (Å²) in [6.45, 7) is 18.8. The van der Waals surface area contributed by atoms with Gasteiger partial charge >= 0.3 is 0 Å². The first-order chi connectivity index (χ1) is 11.0. The summed E-state index contributed by atoms with van der Waals surface area (Å²) in [4.78, 5) is 0. The van der Waals surface area contributed by atoms with Crippen LogP contribution in [0.15, 0.2) is 0 Å². The Labute approximate surface area is 148 Å². The van der Waals surface area contributed by atoms with Crippen LogP contribution >= 0.6 is 0 Å². The molecule has 144 valence electrons. The second kappa shape index (κ2) is 8.00. The molecule has 0 aromatic heterocycles. The van der Waals surface area contributed by atoms with Crippen LogP contribution in [0.4, 0.5) is 0 Å². The van der Waals surface area contributed by atoms with Gasteiger partial charge in [0, 0.05) is 29.3 Å². The molecule has 0 aliphatic carbocycles. The maximum atomic E-state index is 9.29. The van der Waals surface area contributed by atoms with Crippen molar-refractivity contribution in [3.8, 4) is 0 Å². The van der Waals surface area contributed by atoms with Crippen molar-refractivity contribution in [3.63, 3.8) is 0 Å². The van der Waals surface area contributed by atoms with E-state index in [9.17, 15) is 5.11 Å². The number of rotatable bonds is 4. The van der Waals surface area contributed by atoms with Gasteiger partial charge in [0.2, 0.25) is 0 Å². The maximum Gasteiger partial charge on any atom is 0.171 e. The lowest BCUT2D eigenvalue weighted by molar-refractivity contribution is -0.330. The molecule has 2 heterocycles. The lowest BCUT2D eigenvalue weighted by Crippen LogP contribution is -2.67. The number of hydrogen-bond acceptors (Lipinski definition) is 5. The van der Waals surface area contributed by atoms with Crippen molar-refractivity contribution in [2.24, 2.45) is 5.41 Å². The summed E-state index contributed by atoms with van der Waals surface area (Å²) in [5, 5.41) is 12.9. The van der Waals surface area contributed by atoms with Crippen LogP contribution in [0.1, 0.15) is 68.2 Å². The van der Waals surface area contributed by atoms with Crippen molar-refractivity contribution in [2.75, 3.05) is 26.4 Å². The molecule has 5 nitrogen and oxygen atoms in total. The number of aliphatic hydroxyl groups is 1. The van der Waals surface area contributed by atoms with Gasteiger partial charge in [0.25, 0.3) is 0 Å². The van der Waals surface area contributed by atoms with Gasteiger partial charge in [-0.1, -0.05) is 20.8 Å². The Morgan fingerprint density at radius 1 is 1.00 bits per heavy atom. The molecule has 1 atom stereocenters. The van der Waals surface area contributed by atoms with Gasteiger partial charge in [0.1, 0.15) is 0 Å². The quantitative estimate of drug-likeness (QED) is 0.820. The normalized spacial score (nSPS) is 27.9. The lowest BCUT2D eigenvalue weighted by Gasteiger charge is -2.55. The molecule has 0 amide bonds. The summed E-state index contributed by atoms with van der Waals surface area (Å²) in [5.41, 5.74) is -0.185. The monoisotopic (exact) mass is 345 g/mol. The number of nitrogens with one attached hydrogen (secondary N) is 1. The van der Waals surface area contributed by atoms with E-state index in [0.29, 0.717) is 26.4 Å². The molecule has 0 saturated carbocycles. The fraction of sp³-hybridized carbons (Fsp3) is 1.00. The third-order valence-electron chi connectivity index (χ3n) is 4.28.